The lowest BCUT2D eigenvalue weighted by Gasteiger charge is -2.22. The van der Waals surface area contributed by atoms with Gasteiger partial charge in [-0.15, -0.1) is 0 Å². The molecule has 0 saturated carbocycles. The Kier molecular flexibility index (Phi) is 7.42. The number of thiocarbonyl (C=S) groups is 2. The van der Waals surface area contributed by atoms with E-state index in [1.54, 1.807) is 24.0 Å². The molecule has 0 unspecified atom stereocenters. The summed E-state index contributed by atoms with van der Waals surface area (Å²) in [6, 6.07) is 11.0. The second-order valence-electron chi connectivity index (χ2n) is 6.19. The zero-order valence-corrected chi connectivity index (χ0v) is 18.4. The van der Waals surface area contributed by atoms with E-state index < -0.39 is 0 Å². The first-order valence-electron chi connectivity index (χ1n) is 8.42. The predicted molar refractivity (Wildman–Crippen MR) is 119 cm³/mol. The van der Waals surface area contributed by atoms with E-state index in [-0.39, 0.29) is 0 Å². The molecule has 2 aromatic carbocycles. The highest BCUT2D eigenvalue weighted by atomic mass is 32.1. The summed E-state index contributed by atoms with van der Waals surface area (Å²) in [4.78, 5) is 3.42. The normalized spacial score (nSPS) is 10.1. The van der Waals surface area contributed by atoms with Crippen molar-refractivity contribution in [2.45, 2.75) is 0 Å². The summed E-state index contributed by atoms with van der Waals surface area (Å²) in [6.45, 7) is 0. The lowest BCUT2D eigenvalue weighted by atomic mass is 10.0. The highest BCUT2D eigenvalue weighted by molar-refractivity contribution is 7.80. The van der Waals surface area contributed by atoms with Gasteiger partial charge in [-0.1, -0.05) is 12.1 Å². The Morgan fingerprint density at radius 2 is 0.964 bits per heavy atom. The van der Waals surface area contributed by atoms with Crippen molar-refractivity contribution in [3.05, 3.63) is 36.4 Å². The lowest BCUT2D eigenvalue weighted by Crippen LogP contribution is -2.26. The highest BCUT2D eigenvalue weighted by Gasteiger charge is 2.23. The van der Waals surface area contributed by atoms with E-state index in [2.05, 4.69) is 0 Å². The van der Waals surface area contributed by atoms with Crippen molar-refractivity contribution >= 4 is 34.8 Å². The van der Waals surface area contributed by atoms with E-state index in [0.717, 1.165) is 0 Å². The summed E-state index contributed by atoms with van der Waals surface area (Å²) in [6.07, 6.45) is 0. The van der Waals surface area contributed by atoms with Gasteiger partial charge in [0.2, 0.25) is 0 Å². The molecule has 0 spiro atoms. The molecular weight excluding hydrogens is 396 g/mol. The first-order chi connectivity index (χ1) is 13.3. The second kappa shape index (κ2) is 9.57. The fourth-order valence-corrected chi connectivity index (χ4v) is 2.58. The Labute approximate surface area is 176 Å². The van der Waals surface area contributed by atoms with Crippen molar-refractivity contribution in [3.8, 4) is 34.1 Å². The largest absolute Gasteiger partial charge is 0.496 e. The lowest BCUT2D eigenvalue weighted by molar-refractivity contribution is 0.401. The quantitative estimate of drug-likeness (QED) is 0.677. The maximum absolute atomic E-state index is 5.93. The molecule has 0 amide bonds. The standard InChI is InChI=1S/C20H24N2O4S2/c1-21(2)19(27)25-15-11-7-9-13(23-5)17(15)18-14(24-6)10-8-12-16(18)26-20(28)22(3)4/h7-12H,1-6H3. The topological polar surface area (TPSA) is 43.4 Å². The van der Waals surface area contributed by atoms with Crippen molar-refractivity contribution in [2.75, 3.05) is 42.4 Å². The van der Waals surface area contributed by atoms with E-state index >= 15 is 0 Å². The van der Waals surface area contributed by atoms with Gasteiger partial charge in [0.1, 0.15) is 23.0 Å². The van der Waals surface area contributed by atoms with Gasteiger partial charge in [0.05, 0.1) is 25.3 Å². The summed E-state index contributed by atoms with van der Waals surface area (Å²) < 4.78 is 23.1. The Balaban J connectivity index is 2.72. The van der Waals surface area contributed by atoms with Gasteiger partial charge < -0.3 is 28.7 Å². The first kappa shape index (κ1) is 21.7. The van der Waals surface area contributed by atoms with Crippen molar-refractivity contribution in [3.63, 3.8) is 0 Å². The molecule has 28 heavy (non-hydrogen) atoms. The fraction of sp³-hybridized carbons (Fsp3) is 0.300. The Morgan fingerprint density at radius 1 is 0.643 bits per heavy atom. The summed E-state index contributed by atoms with van der Waals surface area (Å²) in [5.41, 5.74) is 1.31. The molecule has 0 aromatic heterocycles. The third kappa shape index (κ3) is 4.82. The summed E-state index contributed by atoms with van der Waals surface area (Å²) in [7, 11) is 10.4. The van der Waals surface area contributed by atoms with Crippen LogP contribution in [0.25, 0.3) is 11.1 Å². The van der Waals surface area contributed by atoms with Crippen LogP contribution >= 0.6 is 24.4 Å². The molecule has 0 bridgehead atoms. The molecule has 0 heterocycles. The Morgan fingerprint density at radius 3 is 1.25 bits per heavy atom. The van der Waals surface area contributed by atoms with Crippen LogP contribution in [0.15, 0.2) is 36.4 Å². The summed E-state index contributed by atoms with van der Waals surface area (Å²) >= 11 is 10.6. The number of hydrogen-bond acceptors (Lipinski definition) is 6. The van der Waals surface area contributed by atoms with Crippen LogP contribution in [0.5, 0.6) is 23.0 Å². The van der Waals surface area contributed by atoms with Crippen molar-refractivity contribution in [1.29, 1.82) is 0 Å². The average molecular weight is 421 g/mol. The summed E-state index contributed by atoms with van der Waals surface area (Å²) in [5, 5.41) is 0.631. The van der Waals surface area contributed by atoms with Crippen molar-refractivity contribution in [2.24, 2.45) is 0 Å². The number of methoxy groups -OCH3 is 2. The molecule has 0 aliphatic carbocycles. The van der Waals surface area contributed by atoms with Crippen LogP contribution < -0.4 is 18.9 Å². The van der Waals surface area contributed by atoms with E-state index in [1.807, 2.05) is 64.6 Å². The number of ether oxygens (including phenoxy) is 4. The van der Waals surface area contributed by atoms with Gasteiger partial charge in [-0.25, -0.2) is 0 Å². The smallest absolute Gasteiger partial charge is 0.264 e. The van der Waals surface area contributed by atoms with E-state index in [0.29, 0.717) is 44.5 Å². The molecule has 0 aliphatic heterocycles. The second-order valence-corrected chi connectivity index (χ2v) is 6.89. The van der Waals surface area contributed by atoms with Crippen LogP contribution in [0.2, 0.25) is 0 Å². The van der Waals surface area contributed by atoms with Gasteiger partial charge in [0, 0.05) is 28.2 Å². The molecule has 2 aromatic rings. The maximum atomic E-state index is 5.93. The molecule has 8 heteroatoms. The van der Waals surface area contributed by atoms with Crippen LogP contribution in [0.4, 0.5) is 0 Å². The monoisotopic (exact) mass is 420 g/mol. The van der Waals surface area contributed by atoms with Gasteiger partial charge in [-0.3, -0.25) is 0 Å². The van der Waals surface area contributed by atoms with Crippen LogP contribution in [0.3, 0.4) is 0 Å². The van der Waals surface area contributed by atoms with Crippen LogP contribution in [0.1, 0.15) is 0 Å². The first-order valence-corrected chi connectivity index (χ1v) is 9.24. The van der Waals surface area contributed by atoms with Gasteiger partial charge in [0.15, 0.2) is 0 Å². The molecule has 0 N–H and O–H groups in total. The highest BCUT2D eigenvalue weighted by Crippen LogP contribution is 2.47. The van der Waals surface area contributed by atoms with Crippen LogP contribution in [-0.4, -0.2) is 62.6 Å². The number of hydrogen-bond donors (Lipinski definition) is 0. The van der Waals surface area contributed by atoms with Gasteiger partial charge in [-0.05, 0) is 48.7 Å². The zero-order valence-electron chi connectivity index (χ0n) is 16.8. The van der Waals surface area contributed by atoms with Crippen molar-refractivity contribution in [1.82, 2.24) is 9.80 Å². The Bertz CT molecular complexity index is 798. The van der Waals surface area contributed by atoms with Crippen LogP contribution in [-0.2, 0) is 0 Å². The third-order valence-corrected chi connectivity index (χ3v) is 4.69. The minimum absolute atomic E-state index is 0.315. The minimum Gasteiger partial charge on any atom is -0.496 e. The van der Waals surface area contributed by atoms with Gasteiger partial charge in [0.25, 0.3) is 10.3 Å². The average Bonchev–Trinajstić information content (AvgIpc) is 2.67. The van der Waals surface area contributed by atoms with Crippen molar-refractivity contribution < 1.29 is 18.9 Å². The fourth-order valence-electron chi connectivity index (χ4n) is 2.40. The molecule has 0 fully saturated rings. The van der Waals surface area contributed by atoms with Crippen LogP contribution in [0, 0.1) is 0 Å². The molecule has 0 radical (unpaired) electrons. The molecule has 0 aliphatic rings. The Hall–Kier alpha value is -2.58. The molecule has 2 rings (SSSR count). The maximum Gasteiger partial charge on any atom is 0.264 e. The predicted octanol–water partition coefficient (Wildman–Crippen LogP) is 3.82. The van der Waals surface area contributed by atoms with Gasteiger partial charge >= 0.3 is 0 Å². The van der Waals surface area contributed by atoms with Gasteiger partial charge in [-0.2, -0.15) is 0 Å². The van der Waals surface area contributed by atoms with E-state index in [1.165, 1.54) is 0 Å². The molecule has 0 saturated heterocycles. The number of benzene rings is 2. The molecule has 6 nitrogen and oxygen atoms in total. The summed E-state index contributed by atoms with van der Waals surface area (Å²) in [5.74, 6) is 2.21. The number of nitrogens with zero attached hydrogens (tertiary/aromatic N) is 2. The van der Waals surface area contributed by atoms with E-state index in [4.69, 9.17) is 43.4 Å². The molecule has 0 atom stereocenters. The third-order valence-electron chi connectivity index (χ3n) is 3.79. The van der Waals surface area contributed by atoms with E-state index in [9.17, 15) is 0 Å². The minimum atomic E-state index is 0.315. The molecule has 150 valence electrons. The zero-order chi connectivity index (χ0) is 20.8. The SMILES string of the molecule is COc1cccc(OC(=S)N(C)C)c1-c1c(OC)cccc1OC(=S)N(C)C. The molecular formula is C20H24N2O4S2. The number of rotatable bonds is 5.